The Bertz CT molecular complexity index is 333. The molecule has 1 N–H and O–H groups in total. The standard InChI is InChI=1S/C13H25NO4S/c1-9(2)12(13(15)16)19(17)8-11-7-14(10(3)4)5-6-18-11/h9-12H,5-8H2,1-4H3,(H,15,16). The molecule has 1 rings (SSSR count). The van der Waals surface area contributed by atoms with Crippen LogP contribution in [0.4, 0.5) is 0 Å². The van der Waals surface area contributed by atoms with Crippen LogP contribution in [-0.2, 0) is 20.3 Å². The molecule has 19 heavy (non-hydrogen) atoms. The van der Waals surface area contributed by atoms with Crippen molar-refractivity contribution in [3.63, 3.8) is 0 Å². The van der Waals surface area contributed by atoms with Crippen LogP contribution in [0.1, 0.15) is 27.7 Å². The quantitative estimate of drug-likeness (QED) is 0.789. The largest absolute Gasteiger partial charge is 0.480 e. The minimum atomic E-state index is -1.39. The molecule has 3 unspecified atom stereocenters. The van der Waals surface area contributed by atoms with Crippen LogP contribution >= 0.6 is 0 Å². The van der Waals surface area contributed by atoms with Gasteiger partial charge in [0.1, 0.15) is 5.25 Å². The van der Waals surface area contributed by atoms with E-state index in [2.05, 4.69) is 18.7 Å². The molecule has 1 saturated heterocycles. The van der Waals surface area contributed by atoms with Gasteiger partial charge in [0.05, 0.1) is 18.5 Å². The minimum absolute atomic E-state index is 0.127. The van der Waals surface area contributed by atoms with Gasteiger partial charge in [-0.3, -0.25) is 13.9 Å². The monoisotopic (exact) mass is 291 g/mol. The average Bonchev–Trinajstić information content (AvgIpc) is 2.27. The zero-order chi connectivity index (χ0) is 14.6. The molecule has 5 nitrogen and oxygen atoms in total. The lowest BCUT2D eigenvalue weighted by molar-refractivity contribution is -0.137. The third-order valence-corrected chi connectivity index (χ3v) is 5.40. The molecule has 0 aliphatic carbocycles. The Kier molecular flexibility index (Phi) is 6.42. The Balaban J connectivity index is 2.58. The highest BCUT2D eigenvalue weighted by Crippen LogP contribution is 2.15. The molecule has 3 atom stereocenters. The van der Waals surface area contributed by atoms with E-state index in [-0.39, 0.29) is 12.0 Å². The number of hydrogen-bond donors (Lipinski definition) is 1. The van der Waals surface area contributed by atoms with Crippen LogP contribution in [0.25, 0.3) is 0 Å². The van der Waals surface area contributed by atoms with Crippen molar-refractivity contribution in [3.05, 3.63) is 0 Å². The summed E-state index contributed by atoms with van der Waals surface area (Å²) in [6.45, 7) is 10.1. The van der Waals surface area contributed by atoms with Gasteiger partial charge >= 0.3 is 5.97 Å². The van der Waals surface area contributed by atoms with Crippen LogP contribution < -0.4 is 0 Å². The molecule has 1 fully saturated rings. The molecule has 0 saturated carbocycles. The first kappa shape index (κ1) is 16.6. The van der Waals surface area contributed by atoms with Gasteiger partial charge in [0.2, 0.25) is 0 Å². The Morgan fingerprint density at radius 3 is 2.53 bits per heavy atom. The smallest absolute Gasteiger partial charge is 0.319 e. The third-order valence-electron chi connectivity index (χ3n) is 3.38. The number of aliphatic carboxylic acids is 1. The summed E-state index contributed by atoms with van der Waals surface area (Å²) in [6, 6.07) is 0.431. The number of nitrogens with zero attached hydrogens (tertiary/aromatic N) is 1. The van der Waals surface area contributed by atoms with E-state index in [0.717, 1.165) is 13.1 Å². The van der Waals surface area contributed by atoms with Crippen molar-refractivity contribution < 1.29 is 18.8 Å². The summed E-state index contributed by atoms with van der Waals surface area (Å²) in [5.41, 5.74) is 0. The molecule has 0 aromatic carbocycles. The zero-order valence-corrected chi connectivity index (χ0v) is 13.0. The molecule has 1 aliphatic heterocycles. The summed E-state index contributed by atoms with van der Waals surface area (Å²) in [7, 11) is -1.39. The van der Waals surface area contributed by atoms with Gasteiger partial charge in [-0.1, -0.05) is 13.8 Å². The van der Waals surface area contributed by atoms with E-state index in [1.165, 1.54) is 0 Å². The fourth-order valence-electron chi connectivity index (χ4n) is 2.30. The third kappa shape index (κ3) is 4.85. The summed E-state index contributed by atoms with van der Waals surface area (Å²) in [4.78, 5) is 13.4. The lowest BCUT2D eigenvalue weighted by Gasteiger charge is -2.35. The van der Waals surface area contributed by atoms with Crippen molar-refractivity contribution in [3.8, 4) is 0 Å². The second kappa shape index (κ2) is 7.36. The number of morpholine rings is 1. The van der Waals surface area contributed by atoms with Crippen LogP contribution in [0, 0.1) is 5.92 Å². The number of carbonyl (C=O) groups is 1. The first-order valence-electron chi connectivity index (χ1n) is 6.78. The maximum absolute atomic E-state index is 12.2. The number of rotatable bonds is 6. The van der Waals surface area contributed by atoms with Crippen LogP contribution in [0.2, 0.25) is 0 Å². The molecule has 1 heterocycles. The van der Waals surface area contributed by atoms with Crippen molar-refractivity contribution in [2.75, 3.05) is 25.4 Å². The maximum atomic E-state index is 12.2. The molecular formula is C13H25NO4S. The summed E-state index contributed by atoms with van der Waals surface area (Å²) < 4.78 is 17.8. The van der Waals surface area contributed by atoms with E-state index in [1.54, 1.807) is 13.8 Å². The molecule has 0 amide bonds. The first-order valence-corrected chi connectivity index (χ1v) is 8.16. The van der Waals surface area contributed by atoms with Gasteiger partial charge in [-0.25, -0.2) is 0 Å². The molecule has 1 aliphatic rings. The molecular weight excluding hydrogens is 266 g/mol. The Hall–Kier alpha value is -0.460. The second-order valence-corrected chi connectivity index (χ2v) is 7.23. The van der Waals surface area contributed by atoms with Crippen LogP contribution in [0.15, 0.2) is 0 Å². The van der Waals surface area contributed by atoms with Crippen LogP contribution in [-0.4, -0.2) is 63.0 Å². The van der Waals surface area contributed by atoms with Gasteiger partial charge in [-0.15, -0.1) is 0 Å². The highest BCUT2D eigenvalue weighted by molar-refractivity contribution is 7.86. The van der Waals surface area contributed by atoms with Crippen LogP contribution in [0.3, 0.4) is 0 Å². The Morgan fingerprint density at radius 1 is 1.42 bits per heavy atom. The van der Waals surface area contributed by atoms with E-state index in [1.807, 2.05) is 0 Å². The fourth-order valence-corrected chi connectivity index (χ4v) is 3.91. The minimum Gasteiger partial charge on any atom is -0.480 e. The maximum Gasteiger partial charge on any atom is 0.319 e. The SMILES string of the molecule is CC(C)C(C(=O)O)S(=O)CC1CN(C(C)C)CCO1. The van der Waals surface area contributed by atoms with Crippen molar-refractivity contribution in [1.82, 2.24) is 4.90 Å². The van der Waals surface area contributed by atoms with Crippen molar-refractivity contribution in [2.24, 2.45) is 5.92 Å². The van der Waals surface area contributed by atoms with Gasteiger partial charge in [-0.2, -0.15) is 0 Å². The van der Waals surface area contributed by atoms with Gasteiger partial charge < -0.3 is 9.84 Å². The predicted octanol–water partition coefficient (Wildman–Crippen LogP) is 0.954. The van der Waals surface area contributed by atoms with E-state index in [4.69, 9.17) is 9.84 Å². The zero-order valence-electron chi connectivity index (χ0n) is 12.2. The fraction of sp³-hybridized carbons (Fsp3) is 0.923. The molecule has 0 bridgehead atoms. The van der Waals surface area contributed by atoms with Crippen molar-refractivity contribution >= 4 is 16.8 Å². The summed E-state index contributed by atoms with van der Waals surface area (Å²) in [5.74, 6) is -0.814. The highest BCUT2D eigenvalue weighted by Gasteiger charge is 2.32. The van der Waals surface area contributed by atoms with Crippen molar-refractivity contribution in [1.29, 1.82) is 0 Å². The topological polar surface area (TPSA) is 66.8 Å². The second-order valence-electron chi connectivity index (χ2n) is 5.63. The van der Waals surface area contributed by atoms with Gasteiger partial charge in [-0.05, 0) is 19.8 Å². The molecule has 112 valence electrons. The Labute approximate surface area is 117 Å². The van der Waals surface area contributed by atoms with Crippen molar-refractivity contribution in [2.45, 2.75) is 45.1 Å². The van der Waals surface area contributed by atoms with Gasteiger partial charge in [0.15, 0.2) is 0 Å². The summed E-state index contributed by atoms with van der Waals surface area (Å²) >= 11 is 0. The summed E-state index contributed by atoms with van der Waals surface area (Å²) in [6.07, 6.45) is -0.127. The normalized spacial score (nSPS) is 24.6. The molecule has 0 radical (unpaired) electrons. The Morgan fingerprint density at radius 2 is 2.05 bits per heavy atom. The molecule has 6 heteroatoms. The number of hydrogen-bond acceptors (Lipinski definition) is 4. The average molecular weight is 291 g/mol. The molecule has 0 aromatic heterocycles. The number of carboxylic acids is 1. The van der Waals surface area contributed by atoms with E-state index >= 15 is 0 Å². The van der Waals surface area contributed by atoms with E-state index in [9.17, 15) is 9.00 Å². The van der Waals surface area contributed by atoms with E-state index in [0.29, 0.717) is 18.4 Å². The van der Waals surface area contributed by atoms with Gasteiger partial charge in [0, 0.05) is 29.9 Å². The van der Waals surface area contributed by atoms with E-state index < -0.39 is 22.0 Å². The number of ether oxygens (including phenoxy) is 1. The van der Waals surface area contributed by atoms with Crippen LogP contribution in [0.5, 0.6) is 0 Å². The first-order chi connectivity index (χ1) is 8.82. The summed E-state index contributed by atoms with van der Waals surface area (Å²) in [5, 5.41) is 8.33. The van der Waals surface area contributed by atoms with Gasteiger partial charge in [0.25, 0.3) is 0 Å². The molecule has 0 aromatic rings. The lowest BCUT2D eigenvalue weighted by Crippen LogP contribution is -2.48. The lowest BCUT2D eigenvalue weighted by atomic mass is 10.1. The molecule has 0 spiro atoms. The number of carboxylic acid groups (broad SMARTS) is 1. The predicted molar refractivity (Wildman–Crippen MR) is 75.7 cm³/mol. The highest BCUT2D eigenvalue weighted by atomic mass is 32.2.